The lowest BCUT2D eigenvalue weighted by Gasteiger charge is -1.90. The molecule has 0 spiro atoms. The fourth-order valence-electron chi connectivity index (χ4n) is 1.26. The maximum atomic E-state index is 8.73. The van der Waals surface area contributed by atoms with E-state index in [1.807, 2.05) is 36.4 Å². The minimum Gasteiger partial charge on any atom is -0.361 e. The van der Waals surface area contributed by atoms with Crippen LogP contribution in [0.5, 0.6) is 0 Å². The number of aromatic nitrogens is 2. The van der Waals surface area contributed by atoms with Gasteiger partial charge in [-0.25, -0.2) is 4.98 Å². The third-order valence-electron chi connectivity index (χ3n) is 1.95. The Morgan fingerprint density at radius 1 is 1.33 bits per heavy atom. The summed E-state index contributed by atoms with van der Waals surface area (Å²) in [5, 5.41) is 8.73. The van der Waals surface area contributed by atoms with Crippen LogP contribution in [-0.2, 0) is 0 Å². The molecule has 2 rings (SSSR count). The Balaban J connectivity index is 2.54. The molecule has 0 unspecified atom stereocenters. The van der Waals surface area contributed by atoms with Gasteiger partial charge in [0, 0.05) is 5.56 Å². The third-order valence-corrected chi connectivity index (χ3v) is 1.95. The number of aromatic amines is 1. The van der Waals surface area contributed by atoms with E-state index in [2.05, 4.69) is 14.8 Å². The molecule has 1 heterocycles. The minimum absolute atomic E-state index is 0.142. The van der Waals surface area contributed by atoms with E-state index in [0.29, 0.717) is 5.82 Å². The Bertz CT molecular complexity index is 523. The van der Waals surface area contributed by atoms with Crippen molar-refractivity contribution in [2.75, 3.05) is 0 Å². The predicted molar refractivity (Wildman–Crippen MR) is 55.0 cm³/mol. The highest BCUT2D eigenvalue weighted by Gasteiger charge is 2.11. The third kappa shape index (κ3) is 1.56. The number of hydrogen-bond acceptors (Lipinski definition) is 2. The van der Waals surface area contributed by atoms with Gasteiger partial charge in [-0.2, -0.15) is 5.26 Å². The van der Waals surface area contributed by atoms with Gasteiger partial charge in [0.05, 0.1) is 0 Å². The standard InChI is InChI=1S/C11H6N4/c1-13-11-9(7-12)14-10(15-11)8-5-3-2-4-6-8/h2-6H,(H,14,15). The van der Waals surface area contributed by atoms with Crippen LogP contribution >= 0.6 is 0 Å². The second kappa shape index (κ2) is 3.65. The van der Waals surface area contributed by atoms with Crippen LogP contribution in [-0.4, -0.2) is 9.97 Å². The summed E-state index contributed by atoms with van der Waals surface area (Å²) >= 11 is 0. The van der Waals surface area contributed by atoms with Gasteiger partial charge in [0.25, 0.3) is 5.82 Å². The van der Waals surface area contributed by atoms with Gasteiger partial charge in [0.2, 0.25) is 5.82 Å². The number of benzene rings is 1. The van der Waals surface area contributed by atoms with Crippen molar-refractivity contribution in [3.8, 4) is 17.5 Å². The smallest absolute Gasteiger partial charge is 0.266 e. The maximum absolute atomic E-state index is 8.73. The Kier molecular flexibility index (Phi) is 2.19. The highest BCUT2D eigenvalue weighted by molar-refractivity contribution is 5.62. The normalized spacial score (nSPS) is 9.20. The number of rotatable bonds is 1. The minimum atomic E-state index is 0.142. The highest BCUT2D eigenvalue weighted by atomic mass is 15.0. The van der Waals surface area contributed by atoms with Gasteiger partial charge in [-0.05, 0) is 12.1 Å². The second-order valence-corrected chi connectivity index (χ2v) is 2.87. The van der Waals surface area contributed by atoms with E-state index in [-0.39, 0.29) is 11.5 Å². The van der Waals surface area contributed by atoms with Crippen molar-refractivity contribution in [2.24, 2.45) is 0 Å². The monoisotopic (exact) mass is 194 g/mol. The van der Waals surface area contributed by atoms with Crippen LogP contribution in [0, 0.1) is 17.9 Å². The van der Waals surface area contributed by atoms with Gasteiger partial charge >= 0.3 is 0 Å². The zero-order valence-electron chi connectivity index (χ0n) is 7.73. The molecule has 0 aliphatic heterocycles. The first-order valence-corrected chi connectivity index (χ1v) is 4.28. The van der Waals surface area contributed by atoms with Gasteiger partial charge in [0.1, 0.15) is 6.07 Å². The fraction of sp³-hybridized carbons (Fsp3) is 0. The summed E-state index contributed by atoms with van der Waals surface area (Å²) in [6.07, 6.45) is 0. The number of nitriles is 1. The fourth-order valence-corrected chi connectivity index (χ4v) is 1.26. The van der Waals surface area contributed by atoms with Gasteiger partial charge in [0.15, 0.2) is 5.69 Å². The van der Waals surface area contributed by atoms with Crippen LogP contribution in [0.15, 0.2) is 30.3 Å². The molecule has 1 aromatic carbocycles. The van der Waals surface area contributed by atoms with E-state index in [9.17, 15) is 0 Å². The molecule has 0 saturated heterocycles. The van der Waals surface area contributed by atoms with E-state index in [0.717, 1.165) is 5.56 Å². The molecule has 2 aromatic rings. The quantitative estimate of drug-likeness (QED) is 0.709. The molecular formula is C11H6N4. The van der Waals surface area contributed by atoms with E-state index in [4.69, 9.17) is 11.8 Å². The van der Waals surface area contributed by atoms with Crippen molar-refractivity contribution in [2.45, 2.75) is 0 Å². The number of imidazole rings is 1. The van der Waals surface area contributed by atoms with E-state index < -0.39 is 0 Å². The molecule has 1 N–H and O–H groups in total. The molecular weight excluding hydrogens is 188 g/mol. The average molecular weight is 194 g/mol. The molecule has 4 nitrogen and oxygen atoms in total. The Morgan fingerprint density at radius 2 is 2.07 bits per heavy atom. The molecule has 15 heavy (non-hydrogen) atoms. The molecule has 0 amide bonds. The molecule has 0 radical (unpaired) electrons. The van der Waals surface area contributed by atoms with Crippen LogP contribution in [0.1, 0.15) is 5.69 Å². The highest BCUT2D eigenvalue weighted by Crippen LogP contribution is 2.22. The molecule has 1 aromatic heterocycles. The van der Waals surface area contributed by atoms with Crippen molar-refractivity contribution in [3.05, 3.63) is 47.4 Å². The van der Waals surface area contributed by atoms with Gasteiger partial charge in [-0.1, -0.05) is 24.8 Å². The SMILES string of the molecule is [C-]#[N+]c1[nH]c(-c2ccccc2)nc1C#N. The summed E-state index contributed by atoms with van der Waals surface area (Å²) in [5.41, 5.74) is 1.01. The molecule has 70 valence electrons. The zero-order valence-corrected chi connectivity index (χ0v) is 7.73. The number of nitrogens with one attached hydrogen (secondary N) is 1. The van der Waals surface area contributed by atoms with Crippen LogP contribution in [0.3, 0.4) is 0 Å². The van der Waals surface area contributed by atoms with Gasteiger partial charge < -0.3 is 4.85 Å². The van der Waals surface area contributed by atoms with Crippen LogP contribution in [0.4, 0.5) is 5.82 Å². The molecule has 0 aliphatic rings. The molecule has 0 fully saturated rings. The summed E-state index contributed by atoms with van der Waals surface area (Å²) < 4.78 is 0. The lowest BCUT2D eigenvalue weighted by molar-refractivity contribution is 1.29. The van der Waals surface area contributed by atoms with Crippen molar-refractivity contribution in [1.29, 1.82) is 5.26 Å². The first-order valence-electron chi connectivity index (χ1n) is 4.28. The summed E-state index contributed by atoms with van der Waals surface area (Å²) in [6.45, 7) is 6.87. The molecule has 0 aliphatic carbocycles. The Hall–Kier alpha value is -2.59. The first kappa shape index (κ1) is 8.98. The number of nitrogens with zero attached hydrogens (tertiary/aromatic N) is 3. The van der Waals surface area contributed by atoms with Gasteiger partial charge in [-0.3, -0.25) is 4.98 Å². The van der Waals surface area contributed by atoms with Crippen molar-refractivity contribution >= 4 is 5.82 Å². The van der Waals surface area contributed by atoms with E-state index in [1.54, 1.807) is 0 Å². The van der Waals surface area contributed by atoms with Crippen LogP contribution in [0.25, 0.3) is 16.2 Å². The predicted octanol–water partition coefficient (Wildman–Crippen LogP) is 2.50. The molecule has 4 heteroatoms. The molecule has 0 atom stereocenters. The maximum Gasteiger partial charge on any atom is 0.266 e. The van der Waals surface area contributed by atoms with E-state index in [1.165, 1.54) is 0 Å². The molecule has 0 bridgehead atoms. The summed E-state index contributed by atoms with van der Waals surface area (Å²) in [5.74, 6) is 0.745. The lowest BCUT2D eigenvalue weighted by Crippen LogP contribution is -1.78. The van der Waals surface area contributed by atoms with Crippen molar-refractivity contribution in [3.63, 3.8) is 0 Å². The summed E-state index contributed by atoms with van der Waals surface area (Å²) in [4.78, 5) is 10.0. The molecule has 0 saturated carbocycles. The summed E-state index contributed by atoms with van der Waals surface area (Å²) in [6, 6.07) is 11.3. The van der Waals surface area contributed by atoms with Crippen molar-refractivity contribution < 1.29 is 0 Å². The van der Waals surface area contributed by atoms with E-state index >= 15 is 0 Å². The Morgan fingerprint density at radius 3 is 2.60 bits per heavy atom. The largest absolute Gasteiger partial charge is 0.361 e. The first-order chi connectivity index (χ1) is 7.35. The zero-order chi connectivity index (χ0) is 10.7. The number of H-pyrrole nitrogens is 1. The number of hydrogen-bond donors (Lipinski definition) is 1. The van der Waals surface area contributed by atoms with Crippen LogP contribution < -0.4 is 0 Å². The lowest BCUT2D eigenvalue weighted by atomic mass is 10.2. The van der Waals surface area contributed by atoms with Crippen LogP contribution in [0.2, 0.25) is 0 Å². The van der Waals surface area contributed by atoms with Gasteiger partial charge in [-0.15, -0.1) is 0 Å². The topological polar surface area (TPSA) is 56.8 Å². The average Bonchev–Trinajstić information content (AvgIpc) is 2.73. The second-order valence-electron chi connectivity index (χ2n) is 2.87. The van der Waals surface area contributed by atoms with Crippen molar-refractivity contribution in [1.82, 2.24) is 9.97 Å². The Labute approximate surface area is 86.6 Å². The summed E-state index contributed by atoms with van der Waals surface area (Å²) in [7, 11) is 0.